The van der Waals surface area contributed by atoms with E-state index in [1.807, 2.05) is 6.92 Å². The van der Waals surface area contributed by atoms with Crippen molar-refractivity contribution in [3.8, 4) is 0 Å². The second-order valence-electron chi connectivity index (χ2n) is 5.91. The first kappa shape index (κ1) is 20.6. The largest absolute Gasteiger partial charge is 0.323 e. The minimum Gasteiger partial charge on any atom is -0.323 e. The molecular weight excluding hydrogens is 395 g/mol. The molecule has 0 unspecified atom stereocenters. The van der Waals surface area contributed by atoms with E-state index in [-0.39, 0.29) is 11.4 Å². The lowest BCUT2D eigenvalue weighted by atomic mass is 10.1. The van der Waals surface area contributed by atoms with Crippen LogP contribution in [0.1, 0.15) is 18.9 Å². The quantitative estimate of drug-likeness (QED) is 0.756. The molecule has 0 aliphatic carbocycles. The van der Waals surface area contributed by atoms with Gasteiger partial charge in [0.05, 0.1) is 27.7 Å². The fourth-order valence-corrected chi connectivity index (χ4v) is 4.13. The molecule has 140 valence electrons. The first-order valence-electron chi connectivity index (χ1n) is 7.96. The molecule has 0 radical (unpaired) electrons. The maximum absolute atomic E-state index is 12.8. The highest BCUT2D eigenvalue weighted by atomic mass is 35.5. The van der Waals surface area contributed by atoms with Gasteiger partial charge in [0.1, 0.15) is 6.04 Å². The van der Waals surface area contributed by atoms with Crippen LogP contribution in [0.4, 0.5) is 11.4 Å². The number of rotatable bonds is 6. The second kappa shape index (κ2) is 8.29. The van der Waals surface area contributed by atoms with Crippen molar-refractivity contribution < 1.29 is 13.2 Å². The molecule has 0 fully saturated rings. The number of carbonyl (C=O) groups is 1. The number of halogens is 2. The molecular formula is C18H20Cl2N2O3S. The van der Waals surface area contributed by atoms with Crippen LogP contribution in [0.15, 0.2) is 42.5 Å². The first-order valence-corrected chi connectivity index (χ1v) is 10.6. The number of anilines is 2. The smallest absolute Gasteiger partial charge is 0.248 e. The van der Waals surface area contributed by atoms with E-state index < -0.39 is 22.0 Å². The predicted molar refractivity (Wildman–Crippen MR) is 108 cm³/mol. The van der Waals surface area contributed by atoms with Crippen LogP contribution in [0.2, 0.25) is 10.0 Å². The van der Waals surface area contributed by atoms with Gasteiger partial charge in [-0.1, -0.05) is 53.9 Å². The molecule has 0 bridgehead atoms. The number of carbonyl (C=O) groups excluding carboxylic acids is 1. The molecule has 0 aliphatic heterocycles. The van der Waals surface area contributed by atoms with Gasteiger partial charge in [0.2, 0.25) is 15.9 Å². The van der Waals surface area contributed by atoms with Gasteiger partial charge in [-0.05, 0) is 37.6 Å². The molecule has 2 aromatic rings. The van der Waals surface area contributed by atoms with Gasteiger partial charge in [0.25, 0.3) is 0 Å². The molecule has 1 amide bonds. The van der Waals surface area contributed by atoms with Crippen LogP contribution in [-0.2, 0) is 14.8 Å². The predicted octanol–water partition coefficient (Wildman–Crippen LogP) is 4.49. The van der Waals surface area contributed by atoms with E-state index in [9.17, 15) is 13.2 Å². The third kappa shape index (κ3) is 4.69. The summed E-state index contributed by atoms with van der Waals surface area (Å²) in [6.45, 7) is 3.65. The normalized spacial score (nSPS) is 12.5. The molecule has 2 rings (SSSR count). The summed E-state index contributed by atoms with van der Waals surface area (Å²) < 4.78 is 25.9. The molecule has 2 aromatic carbocycles. The van der Waals surface area contributed by atoms with E-state index in [1.54, 1.807) is 49.4 Å². The van der Waals surface area contributed by atoms with Crippen LogP contribution >= 0.6 is 23.2 Å². The molecule has 26 heavy (non-hydrogen) atoms. The van der Waals surface area contributed by atoms with Crippen molar-refractivity contribution >= 4 is 50.5 Å². The lowest BCUT2D eigenvalue weighted by Crippen LogP contribution is -2.47. The highest BCUT2D eigenvalue weighted by Crippen LogP contribution is 2.30. The van der Waals surface area contributed by atoms with Crippen LogP contribution in [-0.4, -0.2) is 26.6 Å². The summed E-state index contributed by atoms with van der Waals surface area (Å²) in [5.41, 5.74) is 1.75. The van der Waals surface area contributed by atoms with E-state index in [1.165, 1.54) is 0 Å². The molecule has 0 aromatic heterocycles. The Kier molecular flexibility index (Phi) is 6.55. The number of hydrogen-bond donors (Lipinski definition) is 1. The Balaban J connectivity index is 2.40. The SMILES string of the molecule is CC[C@@H](C(=O)Nc1cccc(Cl)c1Cl)N(c1ccc(C)cc1)S(C)(=O)=O. The van der Waals surface area contributed by atoms with Crippen molar-refractivity contribution in [1.29, 1.82) is 0 Å². The van der Waals surface area contributed by atoms with Crippen molar-refractivity contribution in [3.63, 3.8) is 0 Å². The molecule has 1 N–H and O–H groups in total. The lowest BCUT2D eigenvalue weighted by Gasteiger charge is -2.30. The zero-order valence-corrected chi connectivity index (χ0v) is 17.0. The van der Waals surface area contributed by atoms with E-state index in [0.717, 1.165) is 16.1 Å². The minimum atomic E-state index is -3.68. The third-order valence-electron chi connectivity index (χ3n) is 3.83. The lowest BCUT2D eigenvalue weighted by molar-refractivity contribution is -0.117. The van der Waals surface area contributed by atoms with Crippen LogP contribution in [0.5, 0.6) is 0 Å². The van der Waals surface area contributed by atoms with E-state index in [2.05, 4.69) is 5.32 Å². The Hall–Kier alpha value is -1.76. The molecule has 0 heterocycles. The number of sulfonamides is 1. The third-order valence-corrected chi connectivity index (χ3v) is 5.83. The maximum atomic E-state index is 12.8. The Bertz CT molecular complexity index is 899. The number of aryl methyl sites for hydroxylation is 1. The summed E-state index contributed by atoms with van der Waals surface area (Å²) in [6, 6.07) is 10.9. The van der Waals surface area contributed by atoms with Gasteiger partial charge in [0.15, 0.2) is 0 Å². The van der Waals surface area contributed by atoms with Crippen molar-refractivity contribution in [2.75, 3.05) is 15.9 Å². The summed E-state index contributed by atoms with van der Waals surface area (Å²) in [6.07, 6.45) is 1.36. The molecule has 0 spiro atoms. The van der Waals surface area contributed by atoms with Gasteiger partial charge in [0, 0.05) is 0 Å². The van der Waals surface area contributed by atoms with Crippen molar-refractivity contribution in [1.82, 2.24) is 0 Å². The maximum Gasteiger partial charge on any atom is 0.248 e. The Morgan fingerprint density at radius 3 is 2.31 bits per heavy atom. The van der Waals surface area contributed by atoms with Gasteiger partial charge in [-0.15, -0.1) is 0 Å². The summed E-state index contributed by atoms with van der Waals surface area (Å²) in [5.74, 6) is -0.484. The average molecular weight is 415 g/mol. The van der Waals surface area contributed by atoms with E-state index in [4.69, 9.17) is 23.2 Å². The van der Waals surface area contributed by atoms with Crippen LogP contribution in [0, 0.1) is 6.92 Å². The Morgan fingerprint density at radius 2 is 1.77 bits per heavy atom. The number of hydrogen-bond acceptors (Lipinski definition) is 3. The van der Waals surface area contributed by atoms with Crippen molar-refractivity contribution in [2.45, 2.75) is 26.3 Å². The molecule has 1 atom stereocenters. The van der Waals surface area contributed by atoms with Gasteiger partial charge >= 0.3 is 0 Å². The molecule has 0 saturated carbocycles. The summed E-state index contributed by atoms with van der Waals surface area (Å²) in [7, 11) is -3.68. The molecule has 0 saturated heterocycles. The zero-order chi connectivity index (χ0) is 19.5. The number of nitrogens with zero attached hydrogens (tertiary/aromatic N) is 1. The Labute approximate surface area is 164 Å². The molecule has 8 heteroatoms. The van der Waals surface area contributed by atoms with Gasteiger partial charge in [-0.3, -0.25) is 9.10 Å². The number of benzene rings is 2. The minimum absolute atomic E-state index is 0.207. The topological polar surface area (TPSA) is 66.5 Å². The van der Waals surface area contributed by atoms with Gasteiger partial charge in [-0.25, -0.2) is 8.42 Å². The zero-order valence-electron chi connectivity index (χ0n) is 14.7. The fourth-order valence-electron chi connectivity index (χ4n) is 2.57. The van der Waals surface area contributed by atoms with Gasteiger partial charge < -0.3 is 5.32 Å². The average Bonchev–Trinajstić information content (AvgIpc) is 2.56. The van der Waals surface area contributed by atoms with E-state index >= 15 is 0 Å². The summed E-state index contributed by atoms with van der Waals surface area (Å²) >= 11 is 12.1. The van der Waals surface area contributed by atoms with Crippen molar-refractivity contribution in [2.24, 2.45) is 0 Å². The van der Waals surface area contributed by atoms with E-state index in [0.29, 0.717) is 16.4 Å². The summed E-state index contributed by atoms with van der Waals surface area (Å²) in [5, 5.41) is 3.18. The second-order valence-corrected chi connectivity index (χ2v) is 8.55. The fraction of sp³-hybridized carbons (Fsp3) is 0.278. The van der Waals surface area contributed by atoms with Gasteiger partial charge in [-0.2, -0.15) is 0 Å². The molecule has 5 nitrogen and oxygen atoms in total. The summed E-state index contributed by atoms with van der Waals surface area (Å²) in [4.78, 5) is 12.8. The first-order chi connectivity index (χ1) is 12.1. The van der Waals surface area contributed by atoms with Crippen molar-refractivity contribution in [3.05, 3.63) is 58.1 Å². The monoisotopic (exact) mass is 414 g/mol. The Morgan fingerprint density at radius 1 is 1.15 bits per heavy atom. The van der Waals surface area contributed by atoms with Crippen LogP contribution in [0.25, 0.3) is 0 Å². The standard InChI is InChI=1S/C18H20Cl2N2O3S/c1-4-16(18(23)21-15-7-5-6-14(19)17(15)20)22(26(3,24)25)13-10-8-12(2)9-11-13/h5-11,16H,4H2,1-3H3,(H,21,23)/t16-/m0/s1. The molecule has 0 aliphatic rings. The highest BCUT2D eigenvalue weighted by molar-refractivity contribution is 7.92. The number of amides is 1. The highest BCUT2D eigenvalue weighted by Gasteiger charge is 2.31. The number of nitrogens with one attached hydrogen (secondary N) is 1. The van der Waals surface area contributed by atoms with Crippen LogP contribution < -0.4 is 9.62 Å². The van der Waals surface area contributed by atoms with Crippen LogP contribution in [0.3, 0.4) is 0 Å².